The SMILES string of the molecule is CCN(CC)CCCCBr.c1ccc(P(c2ccccc2)c2ccccc2)cc1. The Morgan fingerprint density at radius 2 is 1.00 bits per heavy atom. The van der Waals surface area contributed by atoms with Gasteiger partial charge in [0.05, 0.1) is 0 Å². The van der Waals surface area contributed by atoms with Crippen molar-refractivity contribution in [3.8, 4) is 0 Å². The zero-order valence-electron chi connectivity index (χ0n) is 17.7. The van der Waals surface area contributed by atoms with Gasteiger partial charge in [0, 0.05) is 5.33 Å². The normalized spacial score (nSPS) is 10.7. The molecule has 154 valence electrons. The number of halogens is 1. The van der Waals surface area contributed by atoms with Crippen molar-refractivity contribution in [1.82, 2.24) is 4.90 Å². The first-order chi connectivity index (χ1) is 14.3. The highest BCUT2D eigenvalue weighted by molar-refractivity contribution is 9.09. The molecule has 3 heteroatoms. The summed E-state index contributed by atoms with van der Waals surface area (Å²) in [4.78, 5) is 2.46. The summed E-state index contributed by atoms with van der Waals surface area (Å²) >= 11 is 3.42. The zero-order chi connectivity index (χ0) is 20.7. The number of benzene rings is 3. The Hall–Kier alpha value is -1.47. The van der Waals surface area contributed by atoms with Crippen molar-refractivity contribution in [3.05, 3.63) is 91.0 Å². The lowest BCUT2D eigenvalue weighted by Gasteiger charge is -2.18. The summed E-state index contributed by atoms with van der Waals surface area (Å²) in [7, 11) is -0.446. The molecule has 3 aromatic rings. The van der Waals surface area contributed by atoms with E-state index in [4.69, 9.17) is 0 Å². The van der Waals surface area contributed by atoms with Crippen LogP contribution in [0.4, 0.5) is 0 Å². The Morgan fingerprint density at radius 1 is 0.621 bits per heavy atom. The fraction of sp³-hybridized carbons (Fsp3) is 0.308. The highest BCUT2D eigenvalue weighted by Crippen LogP contribution is 2.32. The topological polar surface area (TPSA) is 3.24 Å². The van der Waals surface area contributed by atoms with Crippen molar-refractivity contribution in [2.75, 3.05) is 25.0 Å². The van der Waals surface area contributed by atoms with Gasteiger partial charge in [-0.05, 0) is 56.3 Å². The molecule has 0 radical (unpaired) electrons. The largest absolute Gasteiger partial charge is 0.304 e. The van der Waals surface area contributed by atoms with Gasteiger partial charge in [-0.2, -0.15) is 0 Å². The number of hydrogen-bond donors (Lipinski definition) is 0. The first-order valence-electron chi connectivity index (χ1n) is 10.5. The van der Waals surface area contributed by atoms with Crippen molar-refractivity contribution in [2.24, 2.45) is 0 Å². The quantitative estimate of drug-likeness (QED) is 0.212. The van der Waals surface area contributed by atoms with Crippen LogP contribution >= 0.6 is 23.9 Å². The molecule has 0 bridgehead atoms. The van der Waals surface area contributed by atoms with Crippen LogP contribution in [0, 0.1) is 0 Å². The maximum atomic E-state index is 3.42. The number of hydrogen-bond acceptors (Lipinski definition) is 1. The van der Waals surface area contributed by atoms with Gasteiger partial charge in [0.15, 0.2) is 0 Å². The minimum Gasteiger partial charge on any atom is -0.304 e. The van der Waals surface area contributed by atoms with Crippen LogP contribution in [0.3, 0.4) is 0 Å². The van der Waals surface area contributed by atoms with Gasteiger partial charge in [0.1, 0.15) is 0 Å². The first kappa shape index (κ1) is 23.8. The Kier molecular flexibility index (Phi) is 11.9. The van der Waals surface area contributed by atoms with Crippen molar-refractivity contribution >= 4 is 39.8 Å². The van der Waals surface area contributed by atoms with E-state index >= 15 is 0 Å². The van der Waals surface area contributed by atoms with Gasteiger partial charge in [-0.25, -0.2) is 0 Å². The summed E-state index contributed by atoms with van der Waals surface area (Å²) in [6.07, 6.45) is 2.63. The molecule has 0 aliphatic carbocycles. The predicted molar refractivity (Wildman–Crippen MR) is 136 cm³/mol. The second-order valence-electron chi connectivity index (χ2n) is 6.77. The fourth-order valence-corrected chi connectivity index (χ4v) is 5.85. The summed E-state index contributed by atoms with van der Waals surface area (Å²) < 4.78 is 0. The molecule has 0 atom stereocenters. The van der Waals surface area contributed by atoms with E-state index < -0.39 is 7.92 Å². The third-order valence-corrected chi connectivity index (χ3v) is 7.80. The molecule has 0 fully saturated rings. The molecular formula is C26H33BrNP. The molecule has 0 aromatic heterocycles. The van der Waals surface area contributed by atoms with E-state index in [2.05, 4.69) is 126 Å². The smallest absolute Gasteiger partial charge is 0.00317 e. The molecular weight excluding hydrogens is 437 g/mol. The monoisotopic (exact) mass is 469 g/mol. The predicted octanol–water partition coefficient (Wildman–Crippen LogP) is 5.95. The van der Waals surface area contributed by atoms with E-state index in [1.54, 1.807) is 0 Å². The number of nitrogens with zero attached hydrogens (tertiary/aromatic N) is 1. The number of rotatable bonds is 9. The van der Waals surface area contributed by atoms with Gasteiger partial charge in [-0.15, -0.1) is 0 Å². The molecule has 0 aliphatic heterocycles. The third-order valence-electron chi connectivity index (χ3n) is 4.80. The fourth-order valence-electron chi connectivity index (χ4n) is 3.15. The molecule has 3 aromatic carbocycles. The van der Waals surface area contributed by atoms with E-state index in [1.807, 2.05) is 0 Å². The molecule has 0 saturated carbocycles. The minimum absolute atomic E-state index is 0.446. The van der Waals surface area contributed by atoms with Gasteiger partial charge in [-0.1, -0.05) is 121 Å². The van der Waals surface area contributed by atoms with Crippen molar-refractivity contribution in [1.29, 1.82) is 0 Å². The maximum Gasteiger partial charge on any atom is 0.00317 e. The number of unbranched alkanes of at least 4 members (excludes halogenated alkanes) is 1. The second-order valence-corrected chi connectivity index (χ2v) is 9.78. The standard InChI is InChI=1S/C18H15P.C8H18BrN/c1-4-10-16(11-5-1)19(17-12-6-2-7-13-17)18-14-8-3-9-15-18;1-3-10(4-2)8-6-5-7-9/h1-15H;3-8H2,1-2H3. The van der Waals surface area contributed by atoms with Gasteiger partial charge >= 0.3 is 0 Å². The van der Waals surface area contributed by atoms with Gasteiger partial charge < -0.3 is 4.90 Å². The van der Waals surface area contributed by atoms with Crippen LogP contribution in [0.1, 0.15) is 26.7 Å². The minimum atomic E-state index is -0.446. The summed E-state index contributed by atoms with van der Waals surface area (Å²) in [6, 6.07) is 32.3. The van der Waals surface area contributed by atoms with Crippen LogP contribution in [0.15, 0.2) is 91.0 Å². The highest BCUT2D eigenvalue weighted by Gasteiger charge is 2.14. The van der Waals surface area contributed by atoms with Crippen LogP contribution in [0.2, 0.25) is 0 Å². The Morgan fingerprint density at radius 3 is 1.31 bits per heavy atom. The summed E-state index contributed by atoms with van der Waals surface area (Å²) in [6.45, 7) is 8.09. The van der Waals surface area contributed by atoms with Crippen LogP contribution < -0.4 is 15.9 Å². The Labute approximate surface area is 187 Å². The lowest BCUT2D eigenvalue weighted by molar-refractivity contribution is 0.299. The summed E-state index contributed by atoms with van der Waals surface area (Å²) in [5.41, 5.74) is 0. The third kappa shape index (κ3) is 8.42. The lowest BCUT2D eigenvalue weighted by Crippen LogP contribution is -2.23. The molecule has 29 heavy (non-hydrogen) atoms. The van der Waals surface area contributed by atoms with E-state index in [-0.39, 0.29) is 0 Å². The van der Waals surface area contributed by atoms with Gasteiger partial charge in [0.2, 0.25) is 0 Å². The molecule has 0 unspecified atom stereocenters. The molecule has 0 heterocycles. The van der Waals surface area contributed by atoms with E-state index in [0.717, 1.165) is 5.33 Å². The van der Waals surface area contributed by atoms with E-state index in [1.165, 1.54) is 48.4 Å². The van der Waals surface area contributed by atoms with E-state index in [9.17, 15) is 0 Å². The molecule has 3 rings (SSSR count). The molecule has 0 saturated heterocycles. The zero-order valence-corrected chi connectivity index (χ0v) is 20.2. The Balaban J connectivity index is 0.000000257. The number of alkyl halides is 1. The molecule has 0 spiro atoms. The maximum absolute atomic E-state index is 3.42. The molecule has 0 N–H and O–H groups in total. The average molecular weight is 470 g/mol. The van der Waals surface area contributed by atoms with Crippen LogP contribution in [0.25, 0.3) is 0 Å². The van der Waals surface area contributed by atoms with E-state index in [0.29, 0.717) is 0 Å². The molecule has 0 aliphatic rings. The first-order valence-corrected chi connectivity index (χ1v) is 13.0. The molecule has 1 nitrogen and oxygen atoms in total. The van der Waals surface area contributed by atoms with Crippen LogP contribution in [-0.4, -0.2) is 29.9 Å². The van der Waals surface area contributed by atoms with Crippen molar-refractivity contribution < 1.29 is 0 Å². The van der Waals surface area contributed by atoms with Gasteiger partial charge in [-0.3, -0.25) is 0 Å². The van der Waals surface area contributed by atoms with Crippen molar-refractivity contribution in [3.63, 3.8) is 0 Å². The van der Waals surface area contributed by atoms with Crippen LogP contribution in [-0.2, 0) is 0 Å². The highest BCUT2D eigenvalue weighted by atomic mass is 79.9. The van der Waals surface area contributed by atoms with Gasteiger partial charge in [0.25, 0.3) is 0 Å². The summed E-state index contributed by atoms with van der Waals surface area (Å²) in [5.74, 6) is 0. The molecule has 0 amide bonds. The summed E-state index contributed by atoms with van der Waals surface area (Å²) in [5, 5.41) is 5.34. The second kappa shape index (κ2) is 14.5. The average Bonchev–Trinajstić information content (AvgIpc) is 2.80. The Bertz CT molecular complexity index is 667. The van der Waals surface area contributed by atoms with Crippen LogP contribution in [0.5, 0.6) is 0 Å². The lowest BCUT2D eigenvalue weighted by atomic mass is 10.3. The van der Waals surface area contributed by atoms with Crippen molar-refractivity contribution in [2.45, 2.75) is 26.7 Å².